The van der Waals surface area contributed by atoms with E-state index in [1.807, 2.05) is 12.3 Å². The Kier molecular flexibility index (Phi) is 3.04. The average Bonchev–Trinajstić information content (AvgIpc) is 2.50. The zero-order chi connectivity index (χ0) is 13.1. The van der Waals surface area contributed by atoms with Gasteiger partial charge in [-0.15, -0.1) is 0 Å². The molecule has 1 aliphatic rings. The van der Waals surface area contributed by atoms with Gasteiger partial charge in [-0.25, -0.2) is 0 Å². The summed E-state index contributed by atoms with van der Waals surface area (Å²) in [4.78, 5) is 4.49. The lowest BCUT2D eigenvalue weighted by Crippen LogP contribution is -2.21. The van der Waals surface area contributed by atoms with Crippen molar-refractivity contribution in [2.45, 2.75) is 18.8 Å². The maximum atomic E-state index is 4.49. The third kappa shape index (κ3) is 2.37. The number of pyridine rings is 1. The van der Waals surface area contributed by atoms with Gasteiger partial charge in [-0.3, -0.25) is 4.98 Å². The molecule has 0 radical (unpaired) electrons. The Morgan fingerprint density at radius 1 is 1.00 bits per heavy atom. The highest BCUT2D eigenvalue weighted by Gasteiger charge is 2.26. The van der Waals surface area contributed by atoms with Gasteiger partial charge in [0, 0.05) is 11.6 Å². The number of hydrogen-bond acceptors (Lipinski definition) is 1. The first-order valence-corrected chi connectivity index (χ1v) is 6.64. The van der Waals surface area contributed by atoms with E-state index in [-0.39, 0.29) is 5.41 Å². The number of nitrogens with zero attached hydrogens (tertiary/aromatic N) is 1. The van der Waals surface area contributed by atoms with Gasteiger partial charge >= 0.3 is 0 Å². The van der Waals surface area contributed by atoms with Gasteiger partial charge in [0.05, 0.1) is 5.69 Å². The topological polar surface area (TPSA) is 12.9 Å². The van der Waals surface area contributed by atoms with Crippen molar-refractivity contribution in [3.63, 3.8) is 0 Å². The van der Waals surface area contributed by atoms with Crippen molar-refractivity contribution in [3.8, 4) is 0 Å². The molecule has 0 saturated heterocycles. The van der Waals surface area contributed by atoms with E-state index < -0.39 is 0 Å². The molecule has 0 fully saturated rings. The van der Waals surface area contributed by atoms with Gasteiger partial charge in [-0.1, -0.05) is 61.5 Å². The Balaban J connectivity index is 1.87. The molecule has 0 saturated carbocycles. The first-order chi connectivity index (χ1) is 9.28. The van der Waals surface area contributed by atoms with E-state index in [0.29, 0.717) is 0 Å². The predicted octanol–water partition coefficient (Wildman–Crippen LogP) is 4.38. The molecule has 0 N–H and O–H groups in total. The van der Waals surface area contributed by atoms with Crippen molar-refractivity contribution < 1.29 is 0 Å². The number of aromatic nitrogens is 1. The van der Waals surface area contributed by atoms with Crippen LogP contribution in [0, 0.1) is 0 Å². The lowest BCUT2D eigenvalue weighted by Gasteiger charge is -2.27. The molecule has 2 aromatic rings. The minimum absolute atomic E-state index is 0.0134. The number of rotatable bonds is 2. The van der Waals surface area contributed by atoms with Crippen LogP contribution < -0.4 is 0 Å². The van der Waals surface area contributed by atoms with Crippen molar-refractivity contribution in [3.05, 3.63) is 84.2 Å². The first kappa shape index (κ1) is 11.9. The van der Waals surface area contributed by atoms with Gasteiger partial charge in [-0.05, 0) is 29.7 Å². The van der Waals surface area contributed by atoms with Gasteiger partial charge in [0.15, 0.2) is 0 Å². The van der Waals surface area contributed by atoms with E-state index in [9.17, 15) is 0 Å². The van der Waals surface area contributed by atoms with Crippen molar-refractivity contribution in [1.82, 2.24) is 4.98 Å². The summed E-state index contributed by atoms with van der Waals surface area (Å²) in [6.45, 7) is 2.24. The third-order valence-corrected chi connectivity index (χ3v) is 3.73. The Bertz CT molecular complexity index is 611. The van der Waals surface area contributed by atoms with Crippen LogP contribution in [0.4, 0.5) is 0 Å². The van der Waals surface area contributed by atoms with E-state index in [4.69, 9.17) is 0 Å². The van der Waals surface area contributed by atoms with Crippen LogP contribution in [-0.4, -0.2) is 4.98 Å². The van der Waals surface area contributed by atoms with E-state index in [1.165, 1.54) is 11.1 Å². The summed E-state index contributed by atoms with van der Waals surface area (Å²) in [5.74, 6) is 0. The fourth-order valence-electron chi connectivity index (χ4n) is 2.47. The van der Waals surface area contributed by atoms with Crippen LogP contribution in [0.1, 0.15) is 24.6 Å². The molecule has 1 heterocycles. The summed E-state index contributed by atoms with van der Waals surface area (Å²) >= 11 is 0. The molecule has 1 aromatic carbocycles. The molecule has 0 amide bonds. The second-order valence-corrected chi connectivity index (χ2v) is 5.20. The Morgan fingerprint density at radius 3 is 2.42 bits per heavy atom. The van der Waals surface area contributed by atoms with Gasteiger partial charge in [0.25, 0.3) is 0 Å². The molecule has 94 valence electrons. The van der Waals surface area contributed by atoms with Crippen LogP contribution in [0.25, 0.3) is 5.57 Å². The molecule has 3 rings (SSSR count). The largest absolute Gasteiger partial charge is 0.260 e. The lowest BCUT2D eigenvalue weighted by atomic mass is 9.78. The second kappa shape index (κ2) is 4.85. The van der Waals surface area contributed by atoms with Crippen LogP contribution in [-0.2, 0) is 5.41 Å². The maximum absolute atomic E-state index is 4.49. The molecular formula is C18H17N. The van der Waals surface area contributed by atoms with Crippen LogP contribution in [0.3, 0.4) is 0 Å². The summed E-state index contributed by atoms with van der Waals surface area (Å²) in [6.07, 6.45) is 9.66. The van der Waals surface area contributed by atoms with Crippen LogP contribution >= 0.6 is 0 Å². The van der Waals surface area contributed by atoms with Crippen molar-refractivity contribution in [2.75, 3.05) is 0 Å². The average molecular weight is 247 g/mol. The van der Waals surface area contributed by atoms with Gasteiger partial charge in [0.2, 0.25) is 0 Å². The van der Waals surface area contributed by atoms with Crippen molar-refractivity contribution in [1.29, 1.82) is 0 Å². The summed E-state index contributed by atoms with van der Waals surface area (Å²) in [5, 5.41) is 0. The molecule has 0 spiro atoms. The molecular weight excluding hydrogens is 230 g/mol. The Morgan fingerprint density at radius 2 is 1.79 bits per heavy atom. The number of benzene rings is 1. The molecule has 1 unspecified atom stereocenters. The summed E-state index contributed by atoms with van der Waals surface area (Å²) in [7, 11) is 0. The third-order valence-electron chi connectivity index (χ3n) is 3.73. The quantitative estimate of drug-likeness (QED) is 0.767. The molecule has 0 aliphatic heterocycles. The lowest BCUT2D eigenvalue weighted by molar-refractivity contribution is 0.580. The van der Waals surface area contributed by atoms with E-state index in [2.05, 4.69) is 72.6 Å². The fraction of sp³-hybridized carbons (Fsp3) is 0.167. The van der Waals surface area contributed by atoms with Crippen molar-refractivity contribution in [2.24, 2.45) is 0 Å². The predicted molar refractivity (Wildman–Crippen MR) is 79.8 cm³/mol. The normalized spacial score (nSPS) is 22.1. The van der Waals surface area contributed by atoms with Gasteiger partial charge in [-0.2, -0.15) is 0 Å². The van der Waals surface area contributed by atoms with Crippen LogP contribution in [0.5, 0.6) is 0 Å². The summed E-state index contributed by atoms with van der Waals surface area (Å²) in [6, 6.07) is 16.6. The van der Waals surface area contributed by atoms with Crippen molar-refractivity contribution >= 4 is 5.57 Å². The monoisotopic (exact) mass is 247 g/mol. The molecule has 0 bridgehead atoms. The van der Waals surface area contributed by atoms with Crippen LogP contribution in [0.15, 0.2) is 73.0 Å². The molecule has 1 aromatic heterocycles. The molecule has 1 heteroatoms. The highest BCUT2D eigenvalue weighted by atomic mass is 14.7. The maximum Gasteiger partial charge on any atom is 0.0503 e. The second-order valence-electron chi connectivity index (χ2n) is 5.20. The molecule has 1 aliphatic carbocycles. The summed E-state index contributed by atoms with van der Waals surface area (Å²) in [5.41, 5.74) is 3.73. The SMILES string of the molecule is CC1(c2ccccn2)C=CC(c2ccccc2)=CC1. The van der Waals surface area contributed by atoms with Gasteiger partial charge < -0.3 is 0 Å². The highest BCUT2D eigenvalue weighted by molar-refractivity contribution is 5.75. The van der Waals surface area contributed by atoms with E-state index in [0.717, 1.165) is 12.1 Å². The summed E-state index contributed by atoms with van der Waals surface area (Å²) < 4.78 is 0. The fourth-order valence-corrected chi connectivity index (χ4v) is 2.47. The first-order valence-electron chi connectivity index (χ1n) is 6.64. The Labute approximate surface area is 114 Å². The smallest absolute Gasteiger partial charge is 0.0503 e. The van der Waals surface area contributed by atoms with Crippen LogP contribution in [0.2, 0.25) is 0 Å². The zero-order valence-corrected chi connectivity index (χ0v) is 11.1. The Hall–Kier alpha value is -2.15. The van der Waals surface area contributed by atoms with E-state index in [1.54, 1.807) is 0 Å². The number of allylic oxidation sites excluding steroid dienone is 4. The van der Waals surface area contributed by atoms with E-state index >= 15 is 0 Å². The zero-order valence-electron chi connectivity index (χ0n) is 11.1. The number of hydrogen-bond donors (Lipinski definition) is 0. The minimum atomic E-state index is 0.0134. The molecule has 1 nitrogen and oxygen atoms in total. The molecule has 19 heavy (non-hydrogen) atoms. The molecule has 1 atom stereocenters. The standard InChI is InChI=1S/C18H17N/c1-18(17-9-5-6-14-19-17)12-10-16(11-13-18)15-7-3-2-4-8-15/h2-12,14H,13H2,1H3. The van der Waals surface area contributed by atoms with Gasteiger partial charge in [0.1, 0.15) is 0 Å². The highest BCUT2D eigenvalue weighted by Crippen LogP contribution is 2.34. The minimum Gasteiger partial charge on any atom is -0.260 e.